The molecule has 0 bridgehead atoms. The van der Waals surface area contributed by atoms with Gasteiger partial charge in [-0.3, -0.25) is 9.88 Å². The van der Waals surface area contributed by atoms with E-state index in [2.05, 4.69) is 41.0 Å². The SMILES string of the molecule is CCNc1cnc(CN2C(C)CCC2CC)cn1. The lowest BCUT2D eigenvalue weighted by Crippen LogP contribution is -2.33. The van der Waals surface area contributed by atoms with Gasteiger partial charge in [-0.2, -0.15) is 0 Å². The van der Waals surface area contributed by atoms with Gasteiger partial charge in [0.2, 0.25) is 0 Å². The molecule has 1 aromatic heterocycles. The largest absolute Gasteiger partial charge is 0.369 e. The van der Waals surface area contributed by atoms with Gasteiger partial charge >= 0.3 is 0 Å². The molecule has 1 aliphatic rings. The van der Waals surface area contributed by atoms with Crippen molar-refractivity contribution >= 4 is 5.82 Å². The zero-order valence-electron chi connectivity index (χ0n) is 11.7. The molecule has 1 N–H and O–H groups in total. The van der Waals surface area contributed by atoms with E-state index in [1.54, 1.807) is 0 Å². The van der Waals surface area contributed by atoms with Crippen LogP contribution in [0.3, 0.4) is 0 Å². The summed E-state index contributed by atoms with van der Waals surface area (Å²) in [5.74, 6) is 0.864. The molecule has 0 amide bonds. The summed E-state index contributed by atoms with van der Waals surface area (Å²) >= 11 is 0. The Balaban J connectivity index is 1.99. The summed E-state index contributed by atoms with van der Waals surface area (Å²) in [5.41, 5.74) is 1.07. The van der Waals surface area contributed by atoms with Crippen LogP contribution in [0, 0.1) is 0 Å². The van der Waals surface area contributed by atoms with Crippen LogP contribution in [0.15, 0.2) is 12.4 Å². The van der Waals surface area contributed by atoms with Gasteiger partial charge in [0, 0.05) is 25.2 Å². The molecule has 2 rings (SSSR count). The standard InChI is InChI=1S/C14H24N4/c1-4-13-7-6-11(3)18(13)10-12-8-17-14(9-16-12)15-5-2/h8-9,11,13H,4-7,10H2,1-3H3,(H,15,17). The third-order valence-corrected chi connectivity index (χ3v) is 3.83. The summed E-state index contributed by atoms with van der Waals surface area (Å²) in [6, 6.07) is 1.39. The Bertz CT molecular complexity index is 363. The maximum atomic E-state index is 4.50. The monoisotopic (exact) mass is 248 g/mol. The Kier molecular flexibility index (Phi) is 4.53. The van der Waals surface area contributed by atoms with Crippen molar-refractivity contribution in [3.05, 3.63) is 18.1 Å². The predicted octanol–water partition coefficient (Wildman–Crippen LogP) is 2.67. The zero-order chi connectivity index (χ0) is 13.0. The molecule has 1 fully saturated rings. The van der Waals surface area contributed by atoms with E-state index in [1.165, 1.54) is 19.3 Å². The summed E-state index contributed by atoms with van der Waals surface area (Å²) in [6.07, 6.45) is 7.59. The highest BCUT2D eigenvalue weighted by molar-refractivity contribution is 5.30. The molecule has 1 aliphatic heterocycles. The van der Waals surface area contributed by atoms with E-state index in [0.29, 0.717) is 6.04 Å². The van der Waals surface area contributed by atoms with Crippen LogP contribution in [0.5, 0.6) is 0 Å². The molecule has 2 atom stereocenters. The number of hydrogen-bond acceptors (Lipinski definition) is 4. The summed E-state index contributed by atoms with van der Waals surface area (Å²) in [6.45, 7) is 8.47. The highest BCUT2D eigenvalue weighted by atomic mass is 15.2. The second-order valence-corrected chi connectivity index (χ2v) is 5.08. The van der Waals surface area contributed by atoms with Crippen molar-refractivity contribution in [2.24, 2.45) is 0 Å². The maximum absolute atomic E-state index is 4.50. The Hall–Kier alpha value is -1.16. The lowest BCUT2D eigenvalue weighted by atomic mass is 10.1. The number of rotatable bonds is 5. The molecule has 1 aromatic rings. The van der Waals surface area contributed by atoms with Gasteiger partial charge in [0.05, 0.1) is 18.1 Å². The number of aromatic nitrogens is 2. The van der Waals surface area contributed by atoms with Crippen molar-refractivity contribution in [2.75, 3.05) is 11.9 Å². The summed E-state index contributed by atoms with van der Waals surface area (Å²) in [5, 5.41) is 3.17. The topological polar surface area (TPSA) is 41.1 Å². The zero-order valence-corrected chi connectivity index (χ0v) is 11.7. The van der Waals surface area contributed by atoms with Crippen LogP contribution in [-0.2, 0) is 6.54 Å². The molecule has 4 heteroatoms. The van der Waals surface area contributed by atoms with Gasteiger partial charge in [-0.1, -0.05) is 6.92 Å². The first-order valence-electron chi connectivity index (χ1n) is 7.05. The summed E-state index contributed by atoms with van der Waals surface area (Å²) < 4.78 is 0. The highest BCUT2D eigenvalue weighted by Gasteiger charge is 2.29. The highest BCUT2D eigenvalue weighted by Crippen LogP contribution is 2.27. The van der Waals surface area contributed by atoms with Crippen LogP contribution >= 0.6 is 0 Å². The van der Waals surface area contributed by atoms with Crippen LogP contribution in [-0.4, -0.2) is 33.5 Å². The van der Waals surface area contributed by atoms with Crippen molar-refractivity contribution in [1.82, 2.24) is 14.9 Å². The average Bonchev–Trinajstić information content (AvgIpc) is 2.73. The first-order chi connectivity index (χ1) is 8.74. The average molecular weight is 248 g/mol. The molecule has 0 saturated carbocycles. The maximum Gasteiger partial charge on any atom is 0.144 e. The van der Waals surface area contributed by atoms with Gasteiger partial charge < -0.3 is 5.32 Å². The number of nitrogens with zero attached hydrogens (tertiary/aromatic N) is 3. The third-order valence-electron chi connectivity index (χ3n) is 3.83. The van der Waals surface area contributed by atoms with Gasteiger partial charge in [0.25, 0.3) is 0 Å². The number of likely N-dealkylation sites (tertiary alicyclic amines) is 1. The first kappa shape index (κ1) is 13.3. The fraction of sp³-hybridized carbons (Fsp3) is 0.714. The lowest BCUT2D eigenvalue weighted by Gasteiger charge is -2.27. The van der Waals surface area contributed by atoms with E-state index >= 15 is 0 Å². The molecule has 4 nitrogen and oxygen atoms in total. The molecule has 0 aliphatic carbocycles. The molecule has 0 radical (unpaired) electrons. The van der Waals surface area contributed by atoms with Gasteiger partial charge in [0.1, 0.15) is 5.82 Å². The van der Waals surface area contributed by atoms with Gasteiger partial charge in [-0.25, -0.2) is 4.98 Å². The Morgan fingerprint density at radius 2 is 2.11 bits per heavy atom. The minimum Gasteiger partial charge on any atom is -0.369 e. The summed E-state index contributed by atoms with van der Waals surface area (Å²) in [4.78, 5) is 11.4. The number of hydrogen-bond donors (Lipinski definition) is 1. The Morgan fingerprint density at radius 1 is 1.28 bits per heavy atom. The quantitative estimate of drug-likeness (QED) is 0.870. The molecular weight excluding hydrogens is 224 g/mol. The van der Waals surface area contributed by atoms with E-state index in [1.807, 2.05) is 12.4 Å². The molecular formula is C14H24N4. The van der Waals surface area contributed by atoms with Gasteiger partial charge in [0.15, 0.2) is 0 Å². The molecule has 0 spiro atoms. The van der Waals surface area contributed by atoms with E-state index in [9.17, 15) is 0 Å². The predicted molar refractivity (Wildman–Crippen MR) is 74.5 cm³/mol. The van der Waals surface area contributed by atoms with E-state index in [-0.39, 0.29) is 0 Å². The van der Waals surface area contributed by atoms with Crippen LogP contribution in [0.1, 0.15) is 45.7 Å². The van der Waals surface area contributed by atoms with E-state index in [4.69, 9.17) is 0 Å². The molecule has 0 aromatic carbocycles. The minimum absolute atomic E-state index is 0.671. The molecule has 2 heterocycles. The summed E-state index contributed by atoms with van der Waals surface area (Å²) in [7, 11) is 0. The van der Waals surface area contributed by atoms with Crippen molar-refractivity contribution in [3.8, 4) is 0 Å². The van der Waals surface area contributed by atoms with E-state index in [0.717, 1.165) is 30.6 Å². The second-order valence-electron chi connectivity index (χ2n) is 5.08. The van der Waals surface area contributed by atoms with Crippen LogP contribution < -0.4 is 5.32 Å². The molecule has 18 heavy (non-hydrogen) atoms. The van der Waals surface area contributed by atoms with Crippen molar-refractivity contribution < 1.29 is 0 Å². The fourth-order valence-electron chi connectivity index (χ4n) is 2.74. The number of anilines is 1. The Morgan fingerprint density at radius 3 is 2.72 bits per heavy atom. The van der Waals surface area contributed by atoms with Crippen molar-refractivity contribution in [3.63, 3.8) is 0 Å². The molecule has 2 unspecified atom stereocenters. The van der Waals surface area contributed by atoms with Crippen molar-refractivity contribution in [2.45, 2.75) is 58.7 Å². The van der Waals surface area contributed by atoms with Crippen molar-refractivity contribution in [1.29, 1.82) is 0 Å². The lowest BCUT2D eigenvalue weighted by molar-refractivity contribution is 0.187. The fourth-order valence-corrected chi connectivity index (χ4v) is 2.74. The molecule has 1 saturated heterocycles. The van der Waals surface area contributed by atoms with Crippen LogP contribution in [0.2, 0.25) is 0 Å². The second kappa shape index (κ2) is 6.14. The minimum atomic E-state index is 0.671. The van der Waals surface area contributed by atoms with Crippen LogP contribution in [0.25, 0.3) is 0 Å². The Labute approximate surface area is 110 Å². The first-order valence-corrected chi connectivity index (χ1v) is 7.05. The smallest absolute Gasteiger partial charge is 0.144 e. The van der Waals surface area contributed by atoms with Gasteiger partial charge in [-0.05, 0) is 33.1 Å². The van der Waals surface area contributed by atoms with E-state index < -0.39 is 0 Å². The van der Waals surface area contributed by atoms with Crippen LogP contribution in [0.4, 0.5) is 5.82 Å². The van der Waals surface area contributed by atoms with Gasteiger partial charge in [-0.15, -0.1) is 0 Å². The third kappa shape index (κ3) is 2.99. The molecule has 100 valence electrons. The normalized spacial score (nSPS) is 24.4. The number of nitrogens with one attached hydrogen (secondary N) is 1.